The lowest BCUT2D eigenvalue weighted by Gasteiger charge is -2.27. The fourth-order valence-corrected chi connectivity index (χ4v) is 2.87. The minimum absolute atomic E-state index is 0.229. The molecule has 4 rings (SSSR count). The smallest absolute Gasteiger partial charge is 0.378 e. The molecule has 3 heterocycles. The Labute approximate surface area is 147 Å². The second-order valence-corrected chi connectivity index (χ2v) is 6.29. The molecule has 1 aliphatic carbocycles. The van der Waals surface area contributed by atoms with Crippen LogP contribution in [0.3, 0.4) is 0 Å². The van der Waals surface area contributed by atoms with Crippen LogP contribution in [0.1, 0.15) is 23.5 Å². The van der Waals surface area contributed by atoms with Crippen molar-refractivity contribution in [3.05, 3.63) is 28.4 Å². The van der Waals surface area contributed by atoms with Crippen LogP contribution in [0.15, 0.2) is 11.3 Å². The zero-order valence-corrected chi connectivity index (χ0v) is 14.3. The maximum Gasteiger partial charge on any atom is 0.420 e. The van der Waals surface area contributed by atoms with Crippen molar-refractivity contribution in [2.24, 2.45) is 0 Å². The van der Waals surface area contributed by atoms with Gasteiger partial charge in [0.2, 0.25) is 5.95 Å². The molecule has 0 atom stereocenters. The molecule has 26 heavy (non-hydrogen) atoms. The van der Waals surface area contributed by atoms with Gasteiger partial charge in [-0.3, -0.25) is 0 Å². The normalized spacial score (nSPS) is 17.8. The number of anilines is 1. The molecule has 0 spiro atoms. The van der Waals surface area contributed by atoms with Gasteiger partial charge in [-0.15, -0.1) is 5.73 Å². The molecular weight excluding hydrogens is 347 g/mol. The van der Waals surface area contributed by atoms with E-state index in [0.29, 0.717) is 60.4 Å². The predicted octanol–water partition coefficient (Wildman–Crippen LogP) is 2.75. The second-order valence-electron chi connectivity index (χ2n) is 6.29. The summed E-state index contributed by atoms with van der Waals surface area (Å²) in [5, 5.41) is 0. The van der Waals surface area contributed by atoms with Gasteiger partial charge in [-0.1, -0.05) is 0 Å². The largest absolute Gasteiger partial charge is 0.420 e. The highest BCUT2D eigenvalue weighted by molar-refractivity contribution is 5.88. The summed E-state index contributed by atoms with van der Waals surface area (Å²) in [6.07, 6.45) is -4.59. The molecule has 136 valence electrons. The molecule has 0 bridgehead atoms. The van der Waals surface area contributed by atoms with Crippen LogP contribution in [-0.2, 0) is 4.74 Å². The molecule has 0 radical (unpaired) electrons. The molecule has 0 amide bonds. The molecule has 2 aromatic rings. The van der Waals surface area contributed by atoms with Gasteiger partial charge >= 0.3 is 6.18 Å². The topological polar surface area (TPSA) is 64.0 Å². The van der Waals surface area contributed by atoms with E-state index in [1.807, 2.05) is 11.8 Å². The summed E-state index contributed by atoms with van der Waals surface area (Å²) >= 11 is 0. The highest BCUT2D eigenvalue weighted by Gasteiger charge is 2.38. The first kappa shape index (κ1) is 16.9. The van der Waals surface area contributed by atoms with Gasteiger partial charge in [0.15, 0.2) is 5.65 Å². The summed E-state index contributed by atoms with van der Waals surface area (Å²) in [5.41, 5.74) is 4.70. The van der Waals surface area contributed by atoms with Crippen LogP contribution >= 0.6 is 0 Å². The number of nitrogens with zero attached hydrogens (tertiary/aromatic N) is 5. The fraction of sp³-hybridized carbons (Fsp3) is 0.471. The number of morpholine rings is 1. The lowest BCUT2D eigenvalue weighted by Crippen LogP contribution is -2.37. The van der Waals surface area contributed by atoms with E-state index < -0.39 is 11.7 Å². The van der Waals surface area contributed by atoms with Crippen LogP contribution in [0, 0.1) is 13.8 Å². The van der Waals surface area contributed by atoms with Gasteiger partial charge in [0, 0.05) is 25.1 Å². The number of ether oxygens (including phenoxy) is 1. The second kappa shape index (κ2) is 6.03. The number of halogens is 3. The van der Waals surface area contributed by atoms with Crippen molar-refractivity contribution in [2.75, 3.05) is 31.2 Å². The maximum atomic E-state index is 12.8. The van der Waals surface area contributed by atoms with Crippen molar-refractivity contribution in [2.45, 2.75) is 26.4 Å². The Balaban J connectivity index is 1.89. The minimum Gasteiger partial charge on any atom is -0.378 e. The van der Waals surface area contributed by atoms with Gasteiger partial charge in [0.1, 0.15) is 11.2 Å². The predicted molar refractivity (Wildman–Crippen MR) is 88.7 cm³/mol. The number of fused-ring (bicyclic) bond motifs is 1. The molecule has 0 saturated carbocycles. The number of rotatable bonds is 2. The van der Waals surface area contributed by atoms with Gasteiger partial charge in [-0.2, -0.15) is 18.2 Å². The first-order valence-corrected chi connectivity index (χ1v) is 8.25. The summed E-state index contributed by atoms with van der Waals surface area (Å²) in [5.74, 6) is 0.433. The summed E-state index contributed by atoms with van der Waals surface area (Å²) in [4.78, 5) is 19.9. The third-order valence-corrected chi connectivity index (χ3v) is 4.51. The molecule has 1 fully saturated rings. The van der Waals surface area contributed by atoms with Crippen LogP contribution in [-0.4, -0.2) is 52.4 Å². The van der Waals surface area contributed by atoms with Gasteiger partial charge in [0.25, 0.3) is 0 Å². The Hall–Kier alpha value is -2.51. The van der Waals surface area contributed by atoms with E-state index in [9.17, 15) is 13.2 Å². The van der Waals surface area contributed by atoms with E-state index in [1.54, 1.807) is 6.92 Å². The summed E-state index contributed by atoms with van der Waals surface area (Å²) in [7, 11) is 0. The first-order valence-electron chi connectivity index (χ1n) is 8.25. The Bertz CT molecular complexity index is 957. The Morgan fingerprint density at radius 3 is 2.31 bits per heavy atom. The molecule has 1 aliphatic heterocycles. The van der Waals surface area contributed by atoms with Crippen LogP contribution in [0.5, 0.6) is 0 Å². The molecule has 0 aromatic carbocycles. The number of hydrogen-bond acceptors (Lipinski definition) is 6. The van der Waals surface area contributed by atoms with Crippen LogP contribution in [0.2, 0.25) is 0 Å². The minimum atomic E-state index is -4.36. The third kappa shape index (κ3) is 2.93. The average Bonchev–Trinajstić information content (AvgIpc) is 2.54. The molecule has 0 unspecified atom stereocenters. The van der Waals surface area contributed by atoms with Crippen molar-refractivity contribution in [1.82, 2.24) is 19.9 Å². The van der Waals surface area contributed by atoms with Gasteiger partial charge in [-0.25, -0.2) is 15.0 Å². The summed E-state index contributed by atoms with van der Waals surface area (Å²) in [6.45, 7) is 5.96. The summed E-state index contributed by atoms with van der Waals surface area (Å²) < 4.78 is 43.7. The fourth-order valence-electron chi connectivity index (χ4n) is 2.87. The zero-order valence-electron chi connectivity index (χ0n) is 14.3. The number of hydrogen-bond donors (Lipinski definition) is 0. The molecule has 9 heteroatoms. The summed E-state index contributed by atoms with van der Waals surface area (Å²) in [6, 6.07) is 0. The lowest BCUT2D eigenvalue weighted by atomic mass is 9.93. The monoisotopic (exact) mass is 363 g/mol. The standard InChI is InChI=1S/C17H16F3N5O/c1-9-10(2)22-15-14(21-9)13(11-7-12(8-11)17(18,19)20)23-16(24-15)25-3-5-26-6-4-25/h3-7H2,1-2H3. The third-order valence-electron chi connectivity index (χ3n) is 4.51. The molecule has 2 aliphatic rings. The van der Waals surface area contributed by atoms with E-state index in [0.717, 1.165) is 5.69 Å². The van der Waals surface area contributed by atoms with Crippen LogP contribution in [0.25, 0.3) is 16.7 Å². The quantitative estimate of drug-likeness (QED) is 0.765. The molecule has 2 aromatic heterocycles. The lowest BCUT2D eigenvalue weighted by molar-refractivity contribution is -0.0934. The van der Waals surface area contributed by atoms with E-state index in [4.69, 9.17) is 4.74 Å². The van der Waals surface area contributed by atoms with Gasteiger partial charge in [0.05, 0.1) is 30.2 Å². The van der Waals surface area contributed by atoms with E-state index in [-0.39, 0.29) is 6.42 Å². The van der Waals surface area contributed by atoms with Crippen molar-refractivity contribution < 1.29 is 17.9 Å². The van der Waals surface area contributed by atoms with Crippen molar-refractivity contribution in [1.29, 1.82) is 0 Å². The highest BCUT2D eigenvalue weighted by atomic mass is 19.4. The molecule has 6 nitrogen and oxygen atoms in total. The SMILES string of the molecule is Cc1nc2nc(N3CCOCC3)nc(C3=C=C(C(F)(F)F)C3)c2nc1C. The van der Waals surface area contributed by atoms with Gasteiger partial charge < -0.3 is 9.64 Å². The van der Waals surface area contributed by atoms with Crippen LogP contribution in [0.4, 0.5) is 19.1 Å². The van der Waals surface area contributed by atoms with Crippen molar-refractivity contribution in [3.8, 4) is 0 Å². The van der Waals surface area contributed by atoms with Crippen molar-refractivity contribution >= 4 is 22.7 Å². The number of allylic oxidation sites excluding steroid dienone is 1. The Morgan fingerprint density at radius 1 is 1.00 bits per heavy atom. The van der Waals surface area contributed by atoms with Crippen LogP contribution < -0.4 is 4.90 Å². The molecule has 0 N–H and O–H groups in total. The molecule has 1 saturated heterocycles. The van der Waals surface area contributed by atoms with E-state index in [2.05, 4.69) is 25.7 Å². The number of aryl methyl sites for hydroxylation is 2. The Kier molecular flexibility index (Phi) is 3.93. The Morgan fingerprint density at radius 2 is 1.65 bits per heavy atom. The number of aromatic nitrogens is 4. The number of alkyl halides is 3. The average molecular weight is 363 g/mol. The first-order chi connectivity index (χ1) is 12.3. The van der Waals surface area contributed by atoms with Gasteiger partial charge in [-0.05, 0) is 13.8 Å². The van der Waals surface area contributed by atoms with Crippen molar-refractivity contribution in [3.63, 3.8) is 0 Å². The van der Waals surface area contributed by atoms with E-state index >= 15 is 0 Å². The zero-order chi connectivity index (χ0) is 18.5. The highest BCUT2D eigenvalue weighted by Crippen LogP contribution is 2.40. The molecular formula is C17H16F3N5O. The van der Waals surface area contributed by atoms with E-state index in [1.165, 1.54) is 0 Å². The maximum absolute atomic E-state index is 12.8.